The van der Waals surface area contributed by atoms with Gasteiger partial charge in [0, 0.05) is 23.4 Å². The quantitative estimate of drug-likeness (QED) is 0.865. The molecule has 1 aromatic carbocycles. The number of nitrogens with two attached hydrogens (primary N) is 1. The molecule has 0 spiro atoms. The third-order valence-corrected chi connectivity index (χ3v) is 3.18. The number of anilines is 1. The second-order valence-electron chi connectivity index (χ2n) is 5.45. The van der Waals surface area contributed by atoms with Crippen LogP contribution in [-0.2, 0) is 0 Å². The van der Waals surface area contributed by atoms with Crippen LogP contribution in [0.25, 0.3) is 10.8 Å². The topological polar surface area (TPSA) is 63.8 Å². The lowest BCUT2D eigenvalue weighted by Gasteiger charge is -2.16. The minimum atomic E-state index is 0.141. The van der Waals surface area contributed by atoms with Crippen LogP contribution in [0.5, 0.6) is 0 Å². The minimum Gasteiger partial charge on any atom is -0.367 e. The average Bonchev–Trinajstić information content (AvgIpc) is 2.37. The van der Waals surface area contributed by atoms with E-state index in [1.165, 1.54) is 0 Å². The summed E-state index contributed by atoms with van der Waals surface area (Å²) in [4.78, 5) is 0. The normalized spacial score (nSPS) is 12.9. The fourth-order valence-electron chi connectivity index (χ4n) is 2.29. The predicted octanol–water partition coefficient (Wildman–Crippen LogP) is 2.72. The fraction of sp³-hybridized carbons (Fsp3) is 0.467. The second kappa shape index (κ2) is 5.97. The zero-order valence-electron chi connectivity index (χ0n) is 11.9. The Hall–Kier alpha value is -1.68. The highest BCUT2D eigenvalue weighted by Gasteiger charge is 2.09. The molecule has 19 heavy (non-hydrogen) atoms. The molecule has 102 valence electrons. The van der Waals surface area contributed by atoms with Crippen LogP contribution in [0.4, 0.5) is 5.82 Å². The molecule has 0 aliphatic heterocycles. The summed E-state index contributed by atoms with van der Waals surface area (Å²) in [5.41, 5.74) is 7.04. The first-order chi connectivity index (χ1) is 9.08. The number of aromatic nitrogens is 2. The average molecular weight is 258 g/mol. The number of rotatable bonds is 5. The molecule has 0 amide bonds. The maximum absolute atomic E-state index is 6.09. The van der Waals surface area contributed by atoms with Crippen molar-refractivity contribution >= 4 is 16.6 Å². The second-order valence-corrected chi connectivity index (χ2v) is 5.45. The van der Waals surface area contributed by atoms with E-state index in [0.717, 1.165) is 35.2 Å². The van der Waals surface area contributed by atoms with Crippen molar-refractivity contribution in [3.8, 4) is 0 Å². The van der Waals surface area contributed by atoms with Gasteiger partial charge in [0.25, 0.3) is 0 Å². The van der Waals surface area contributed by atoms with E-state index >= 15 is 0 Å². The van der Waals surface area contributed by atoms with Gasteiger partial charge in [0.15, 0.2) is 5.82 Å². The first-order valence-corrected chi connectivity index (χ1v) is 6.79. The van der Waals surface area contributed by atoms with Gasteiger partial charge in [-0.2, -0.15) is 5.10 Å². The van der Waals surface area contributed by atoms with Crippen molar-refractivity contribution < 1.29 is 0 Å². The van der Waals surface area contributed by atoms with Crippen LogP contribution in [0, 0.1) is 12.8 Å². The zero-order valence-corrected chi connectivity index (χ0v) is 11.9. The fourth-order valence-corrected chi connectivity index (χ4v) is 2.29. The molecule has 0 saturated heterocycles. The maximum atomic E-state index is 6.09. The Morgan fingerprint density at radius 1 is 1.16 bits per heavy atom. The standard InChI is InChI=1S/C15H22N4/c1-10(2)8-12(16)9-17-15-14-7-5-4-6-13(14)11(3)18-19-15/h4-7,10,12H,8-9,16H2,1-3H3,(H,17,19). The van der Waals surface area contributed by atoms with Gasteiger partial charge in [-0.05, 0) is 19.3 Å². The minimum absolute atomic E-state index is 0.141. The van der Waals surface area contributed by atoms with Gasteiger partial charge >= 0.3 is 0 Å². The largest absolute Gasteiger partial charge is 0.367 e. The highest BCUT2D eigenvalue weighted by molar-refractivity contribution is 5.92. The number of hydrogen-bond donors (Lipinski definition) is 2. The molecular weight excluding hydrogens is 236 g/mol. The summed E-state index contributed by atoms with van der Waals surface area (Å²) in [5.74, 6) is 1.43. The van der Waals surface area contributed by atoms with Crippen molar-refractivity contribution in [2.24, 2.45) is 11.7 Å². The molecule has 1 heterocycles. The van der Waals surface area contributed by atoms with E-state index in [2.05, 4.69) is 41.5 Å². The summed E-state index contributed by atoms with van der Waals surface area (Å²) >= 11 is 0. The molecule has 0 aliphatic rings. The number of nitrogens with zero attached hydrogens (tertiary/aromatic N) is 2. The summed E-state index contributed by atoms with van der Waals surface area (Å²) in [6.45, 7) is 7.06. The van der Waals surface area contributed by atoms with Gasteiger partial charge in [-0.3, -0.25) is 0 Å². The van der Waals surface area contributed by atoms with Crippen molar-refractivity contribution in [1.29, 1.82) is 0 Å². The first kappa shape index (κ1) is 13.7. The smallest absolute Gasteiger partial charge is 0.156 e. The Labute approximate surface area is 114 Å². The molecule has 4 heteroatoms. The lowest BCUT2D eigenvalue weighted by atomic mass is 10.0. The Morgan fingerprint density at radius 3 is 2.53 bits per heavy atom. The highest BCUT2D eigenvalue weighted by Crippen LogP contribution is 2.22. The van der Waals surface area contributed by atoms with Gasteiger partial charge in [-0.1, -0.05) is 38.1 Å². The Bertz CT molecular complexity index is 551. The van der Waals surface area contributed by atoms with Crippen LogP contribution < -0.4 is 11.1 Å². The van der Waals surface area contributed by atoms with Gasteiger partial charge in [-0.15, -0.1) is 5.10 Å². The summed E-state index contributed by atoms with van der Waals surface area (Å²) in [5, 5.41) is 14.0. The molecule has 1 unspecified atom stereocenters. The number of aryl methyl sites for hydroxylation is 1. The Kier molecular flexibility index (Phi) is 4.32. The molecule has 0 aliphatic carbocycles. The zero-order chi connectivity index (χ0) is 13.8. The van der Waals surface area contributed by atoms with Crippen LogP contribution in [-0.4, -0.2) is 22.8 Å². The number of benzene rings is 1. The van der Waals surface area contributed by atoms with Crippen LogP contribution in [0.1, 0.15) is 26.0 Å². The maximum Gasteiger partial charge on any atom is 0.156 e. The summed E-state index contributed by atoms with van der Waals surface area (Å²) in [6, 6.07) is 8.31. The molecular formula is C15H22N4. The van der Waals surface area contributed by atoms with E-state index in [0.29, 0.717) is 5.92 Å². The van der Waals surface area contributed by atoms with E-state index in [1.54, 1.807) is 0 Å². The Morgan fingerprint density at radius 2 is 1.84 bits per heavy atom. The lowest BCUT2D eigenvalue weighted by molar-refractivity contribution is 0.508. The van der Waals surface area contributed by atoms with Gasteiger partial charge in [-0.25, -0.2) is 0 Å². The van der Waals surface area contributed by atoms with Gasteiger partial charge in [0.1, 0.15) is 0 Å². The van der Waals surface area contributed by atoms with E-state index < -0.39 is 0 Å². The van der Waals surface area contributed by atoms with E-state index in [1.807, 2.05) is 19.1 Å². The van der Waals surface area contributed by atoms with Gasteiger partial charge in [0.05, 0.1) is 5.69 Å². The molecule has 0 saturated carbocycles. The first-order valence-electron chi connectivity index (χ1n) is 6.79. The molecule has 2 rings (SSSR count). The van der Waals surface area contributed by atoms with Crippen LogP contribution in [0.15, 0.2) is 24.3 Å². The van der Waals surface area contributed by atoms with Crippen molar-refractivity contribution in [1.82, 2.24) is 10.2 Å². The van der Waals surface area contributed by atoms with Crippen LogP contribution in [0.3, 0.4) is 0 Å². The summed E-state index contributed by atoms with van der Waals surface area (Å²) in [6.07, 6.45) is 1.00. The van der Waals surface area contributed by atoms with E-state index in [4.69, 9.17) is 5.73 Å². The van der Waals surface area contributed by atoms with Gasteiger partial charge < -0.3 is 11.1 Å². The molecule has 2 aromatic rings. The molecule has 0 fully saturated rings. The molecule has 1 atom stereocenters. The van der Waals surface area contributed by atoms with Crippen LogP contribution in [0.2, 0.25) is 0 Å². The highest BCUT2D eigenvalue weighted by atomic mass is 15.2. The van der Waals surface area contributed by atoms with E-state index in [-0.39, 0.29) is 6.04 Å². The van der Waals surface area contributed by atoms with Crippen molar-refractivity contribution in [2.45, 2.75) is 33.2 Å². The SMILES string of the molecule is Cc1nnc(NCC(N)CC(C)C)c2ccccc12. The number of hydrogen-bond acceptors (Lipinski definition) is 4. The predicted molar refractivity (Wildman–Crippen MR) is 80.2 cm³/mol. The number of fused-ring (bicyclic) bond motifs is 1. The Balaban J connectivity index is 2.15. The lowest BCUT2D eigenvalue weighted by Crippen LogP contribution is -2.30. The number of nitrogens with one attached hydrogen (secondary N) is 1. The summed E-state index contributed by atoms with van der Waals surface area (Å²) in [7, 11) is 0. The third-order valence-electron chi connectivity index (χ3n) is 3.18. The van der Waals surface area contributed by atoms with Crippen LogP contribution >= 0.6 is 0 Å². The van der Waals surface area contributed by atoms with Gasteiger partial charge in [0.2, 0.25) is 0 Å². The molecule has 4 nitrogen and oxygen atoms in total. The molecule has 1 aromatic heterocycles. The van der Waals surface area contributed by atoms with Crippen molar-refractivity contribution in [3.05, 3.63) is 30.0 Å². The van der Waals surface area contributed by atoms with Crippen molar-refractivity contribution in [2.75, 3.05) is 11.9 Å². The van der Waals surface area contributed by atoms with E-state index in [9.17, 15) is 0 Å². The monoisotopic (exact) mass is 258 g/mol. The summed E-state index contributed by atoms with van der Waals surface area (Å²) < 4.78 is 0. The molecule has 3 N–H and O–H groups in total. The molecule has 0 bridgehead atoms. The third kappa shape index (κ3) is 3.41. The molecule has 0 radical (unpaired) electrons. The van der Waals surface area contributed by atoms with Crippen molar-refractivity contribution in [3.63, 3.8) is 0 Å².